The molecular formula is C14H21BrOS. The third kappa shape index (κ3) is 3.92. The second-order valence-electron chi connectivity index (χ2n) is 4.59. The number of thiol groups is 1. The molecule has 0 unspecified atom stereocenters. The van der Waals surface area contributed by atoms with Crippen LogP contribution < -0.4 is 4.74 Å². The molecule has 0 amide bonds. The monoisotopic (exact) mass is 316 g/mol. The lowest BCUT2D eigenvalue weighted by Crippen LogP contribution is -2.29. The predicted octanol–water partition coefficient (Wildman–Crippen LogP) is 4.87. The molecule has 0 saturated carbocycles. The first-order chi connectivity index (χ1) is 8.06. The van der Waals surface area contributed by atoms with Gasteiger partial charge in [0.25, 0.3) is 0 Å². The second-order valence-corrected chi connectivity index (χ2v) is 5.76. The Bertz CT molecular complexity index is 353. The fourth-order valence-electron chi connectivity index (χ4n) is 1.68. The Labute approximate surface area is 118 Å². The summed E-state index contributed by atoms with van der Waals surface area (Å²) in [7, 11) is 0. The molecule has 3 heteroatoms. The van der Waals surface area contributed by atoms with Gasteiger partial charge in [0.1, 0.15) is 5.75 Å². The van der Waals surface area contributed by atoms with Gasteiger partial charge < -0.3 is 4.74 Å². The molecular weight excluding hydrogens is 296 g/mol. The van der Waals surface area contributed by atoms with Gasteiger partial charge in [-0.1, -0.05) is 19.9 Å². The highest BCUT2D eigenvalue weighted by Gasteiger charge is 2.25. The highest BCUT2D eigenvalue weighted by Crippen LogP contribution is 2.31. The van der Waals surface area contributed by atoms with Crippen LogP contribution in [0.15, 0.2) is 22.7 Å². The summed E-state index contributed by atoms with van der Waals surface area (Å²) in [6.45, 7) is 7.20. The predicted molar refractivity (Wildman–Crippen MR) is 81.2 cm³/mol. The number of halogens is 1. The molecule has 0 aromatic heterocycles. The SMILES string of the molecule is CCC(CC)(CS)COc1ccc(C)cc1Br. The van der Waals surface area contributed by atoms with Gasteiger partial charge in [-0.05, 0) is 59.1 Å². The molecule has 1 aromatic rings. The minimum absolute atomic E-state index is 0.188. The Morgan fingerprint density at radius 1 is 1.29 bits per heavy atom. The quantitative estimate of drug-likeness (QED) is 0.736. The molecule has 1 nitrogen and oxygen atoms in total. The summed E-state index contributed by atoms with van der Waals surface area (Å²) in [5.41, 5.74) is 1.42. The summed E-state index contributed by atoms with van der Waals surface area (Å²) in [6, 6.07) is 6.17. The molecule has 1 rings (SSSR count). The molecule has 1 aromatic carbocycles. The molecule has 0 heterocycles. The van der Waals surface area contributed by atoms with E-state index in [0.717, 1.165) is 35.4 Å². The van der Waals surface area contributed by atoms with E-state index < -0.39 is 0 Å². The van der Waals surface area contributed by atoms with Crippen LogP contribution in [0.5, 0.6) is 5.75 Å². The zero-order valence-electron chi connectivity index (χ0n) is 10.8. The van der Waals surface area contributed by atoms with Gasteiger partial charge in [0.15, 0.2) is 0 Å². The first kappa shape index (κ1) is 14.9. The summed E-state index contributed by atoms with van der Waals surface area (Å²) < 4.78 is 6.96. The topological polar surface area (TPSA) is 9.23 Å². The van der Waals surface area contributed by atoms with Crippen LogP contribution in [0.2, 0.25) is 0 Å². The average Bonchev–Trinajstić information content (AvgIpc) is 2.33. The van der Waals surface area contributed by atoms with E-state index in [4.69, 9.17) is 4.74 Å². The second kappa shape index (κ2) is 6.69. The minimum Gasteiger partial charge on any atom is -0.492 e. The number of benzene rings is 1. The molecule has 0 aliphatic carbocycles. The van der Waals surface area contributed by atoms with Crippen molar-refractivity contribution in [1.29, 1.82) is 0 Å². The molecule has 17 heavy (non-hydrogen) atoms. The Morgan fingerprint density at radius 2 is 1.94 bits per heavy atom. The summed E-state index contributed by atoms with van der Waals surface area (Å²) in [5, 5.41) is 0. The van der Waals surface area contributed by atoms with E-state index in [9.17, 15) is 0 Å². The van der Waals surface area contributed by atoms with Crippen LogP contribution in [0.4, 0.5) is 0 Å². The third-order valence-corrected chi connectivity index (χ3v) is 4.75. The fourth-order valence-corrected chi connectivity index (χ4v) is 2.82. The van der Waals surface area contributed by atoms with Crippen LogP contribution >= 0.6 is 28.6 Å². The lowest BCUT2D eigenvalue weighted by atomic mass is 9.85. The summed E-state index contributed by atoms with van der Waals surface area (Å²) >= 11 is 7.99. The van der Waals surface area contributed by atoms with Gasteiger partial charge in [-0.3, -0.25) is 0 Å². The molecule has 0 spiro atoms. The number of hydrogen-bond acceptors (Lipinski definition) is 2. The van der Waals surface area contributed by atoms with Crippen molar-refractivity contribution >= 4 is 28.6 Å². The van der Waals surface area contributed by atoms with Crippen molar-refractivity contribution in [3.63, 3.8) is 0 Å². The maximum Gasteiger partial charge on any atom is 0.133 e. The maximum absolute atomic E-state index is 5.93. The van der Waals surface area contributed by atoms with E-state index in [-0.39, 0.29) is 5.41 Å². The Kier molecular flexibility index (Phi) is 5.87. The molecule has 0 radical (unpaired) electrons. The summed E-state index contributed by atoms with van der Waals surface area (Å²) in [5.74, 6) is 1.78. The van der Waals surface area contributed by atoms with E-state index in [1.165, 1.54) is 5.56 Å². The molecule has 0 N–H and O–H groups in total. The van der Waals surface area contributed by atoms with Crippen LogP contribution in [-0.2, 0) is 0 Å². The number of aryl methyl sites for hydroxylation is 1. The van der Waals surface area contributed by atoms with Gasteiger partial charge in [0, 0.05) is 5.41 Å². The molecule has 0 aliphatic heterocycles. The normalized spacial score (nSPS) is 11.6. The Balaban J connectivity index is 2.72. The van der Waals surface area contributed by atoms with Gasteiger partial charge >= 0.3 is 0 Å². The van der Waals surface area contributed by atoms with Gasteiger partial charge in [0.2, 0.25) is 0 Å². The van der Waals surface area contributed by atoms with E-state index in [2.05, 4.69) is 61.5 Å². The molecule has 0 aliphatic rings. The van der Waals surface area contributed by atoms with Crippen molar-refractivity contribution in [3.05, 3.63) is 28.2 Å². The van der Waals surface area contributed by atoms with E-state index in [1.54, 1.807) is 0 Å². The van der Waals surface area contributed by atoms with Gasteiger partial charge in [-0.15, -0.1) is 0 Å². The van der Waals surface area contributed by atoms with Crippen molar-refractivity contribution in [2.75, 3.05) is 12.4 Å². The van der Waals surface area contributed by atoms with Crippen LogP contribution in [0.3, 0.4) is 0 Å². The number of hydrogen-bond donors (Lipinski definition) is 1. The number of ether oxygens (including phenoxy) is 1. The average molecular weight is 317 g/mol. The van der Waals surface area contributed by atoms with Crippen molar-refractivity contribution in [2.24, 2.45) is 5.41 Å². The fraction of sp³-hybridized carbons (Fsp3) is 0.571. The van der Waals surface area contributed by atoms with Crippen molar-refractivity contribution in [1.82, 2.24) is 0 Å². The Hall–Kier alpha value is -0.150. The molecule has 0 fully saturated rings. The lowest BCUT2D eigenvalue weighted by molar-refractivity contribution is 0.156. The largest absolute Gasteiger partial charge is 0.492 e. The molecule has 0 saturated heterocycles. The lowest BCUT2D eigenvalue weighted by Gasteiger charge is -2.29. The molecule has 96 valence electrons. The summed E-state index contributed by atoms with van der Waals surface area (Å²) in [4.78, 5) is 0. The highest BCUT2D eigenvalue weighted by molar-refractivity contribution is 9.10. The van der Waals surface area contributed by atoms with E-state index >= 15 is 0 Å². The minimum atomic E-state index is 0.188. The molecule has 0 bridgehead atoms. The van der Waals surface area contributed by atoms with Crippen LogP contribution in [0.1, 0.15) is 32.3 Å². The zero-order valence-corrected chi connectivity index (χ0v) is 13.3. The highest BCUT2D eigenvalue weighted by atomic mass is 79.9. The van der Waals surface area contributed by atoms with Gasteiger partial charge in [-0.25, -0.2) is 0 Å². The standard InChI is InChI=1S/C14H21BrOS/c1-4-14(5-2,10-17)9-16-13-7-6-11(3)8-12(13)15/h6-8,17H,4-5,9-10H2,1-3H3. The number of rotatable bonds is 6. The zero-order chi connectivity index (χ0) is 12.9. The third-order valence-electron chi connectivity index (χ3n) is 3.46. The van der Waals surface area contributed by atoms with Gasteiger partial charge in [0.05, 0.1) is 11.1 Å². The van der Waals surface area contributed by atoms with Crippen molar-refractivity contribution < 1.29 is 4.74 Å². The Morgan fingerprint density at radius 3 is 2.41 bits per heavy atom. The maximum atomic E-state index is 5.93. The molecule has 0 atom stereocenters. The first-order valence-electron chi connectivity index (χ1n) is 6.06. The van der Waals surface area contributed by atoms with Crippen LogP contribution in [0.25, 0.3) is 0 Å². The van der Waals surface area contributed by atoms with Crippen molar-refractivity contribution in [2.45, 2.75) is 33.6 Å². The van der Waals surface area contributed by atoms with Crippen LogP contribution in [0, 0.1) is 12.3 Å². The van der Waals surface area contributed by atoms with E-state index in [1.807, 2.05) is 6.07 Å². The smallest absolute Gasteiger partial charge is 0.133 e. The van der Waals surface area contributed by atoms with Crippen molar-refractivity contribution in [3.8, 4) is 5.75 Å². The van der Waals surface area contributed by atoms with E-state index in [0.29, 0.717) is 0 Å². The van der Waals surface area contributed by atoms with Gasteiger partial charge in [-0.2, -0.15) is 12.6 Å². The summed E-state index contributed by atoms with van der Waals surface area (Å²) in [6.07, 6.45) is 2.19. The first-order valence-corrected chi connectivity index (χ1v) is 7.49. The van der Waals surface area contributed by atoms with Crippen LogP contribution in [-0.4, -0.2) is 12.4 Å².